The van der Waals surface area contributed by atoms with E-state index >= 15 is 0 Å². The number of benzene rings is 2. The molecule has 1 amide bonds. The molecule has 1 atom stereocenters. The summed E-state index contributed by atoms with van der Waals surface area (Å²) in [4.78, 5) is 19.8. The van der Waals surface area contributed by atoms with Crippen LogP contribution in [-0.4, -0.2) is 45.0 Å². The van der Waals surface area contributed by atoms with E-state index in [2.05, 4.69) is 4.99 Å². The van der Waals surface area contributed by atoms with Crippen molar-refractivity contribution in [2.45, 2.75) is 19.8 Å². The first-order chi connectivity index (χ1) is 14.6. The summed E-state index contributed by atoms with van der Waals surface area (Å²) >= 11 is 0. The van der Waals surface area contributed by atoms with Crippen LogP contribution in [0.25, 0.3) is 0 Å². The van der Waals surface area contributed by atoms with Crippen LogP contribution >= 0.6 is 0 Å². The molecule has 1 heterocycles. The number of sulfone groups is 1. The summed E-state index contributed by atoms with van der Waals surface area (Å²) in [5.74, 6) is -0.561. The van der Waals surface area contributed by atoms with Crippen molar-refractivity contribution in [3.8, 4) is 5.75 Å². The summed E-state index contributed by atoms with van der Waals surface area (Å²) in [5.41, 5.74) is 1.96. The Hall–Kier alpha value is -3.00. The standard InChI is InChI=1S/C23H25N3O4S/c1-15-4-8-17(9-5-15)26-14-23(12-13-23)19(21(24)31(3,28)29)20(22(26)27)25-16-6-10-18(30-2)11-7-16/h4-11,19,24H,12-14H2,1-3H3. The van der Waals surface area contributed by atoms with Gasteiger partial charge in [-0.05, 0) is 56.2 Å². The van der Waals surface area contributed by atoms with Crippen LogP contribution in [0.3, 0.4) is 0 Å². The SMILES string of the molecule is COc1ccc(N=C2C(=O)N(c3ccc(C)cc3)CC3(CC3)C2C(=N)S(C)(=O)=O)cc1. The number of anilines is 1. The molecule has 2 fully saturated rings. The molecule has 1 saturated heterocycles. The molecule has 1 aliphatic carbocycles. The van der Waals surface area contributed by atoms with Crippen molar-refractivity contribution in [3.63, 3.8) is 0 Å². The minimum Gasteiger partial charge on any atom is -0.497 e. The third-order valence-electron chi connectivity index (χ3n) is 6.04. The fourth-order valence-electron chi connectivity index (χ4n) is 4.09. The number of ether oxygens (including phenoxy) is 1. The van der Waals surface area contributed by atoms with E-state index in [9.17, 15) is 13.2 Å². The van der Waals surface area contributed by atoms with Gasteiger partial charge < -0.3 is 9.64 Å². The molecule has 2 aromatic carbocycles. The van der Waals surface area contributed by atoms with Gasteiger partial charge in [0.1, 0.15) is 16.5 Å². The van der Waals surface area contributed by atoms with Crippen LogP contribution in [0.1, 0.15) is 18.4 Å². The zero-order valence-corrected chi connectivity index (χ0v) is 18.6. The van der Waals surface area contributed by atoms with Crippen LogP contribution in [0, 0.1) is 23.7 Å². The maximum atomic E-state index is 13.6. The van der Waals surface area contributed by atoms with Gasteiger partial charge in [-0.25, -0.2) is 13.4 Å². The molecule has 0 aromatic heterocycles. The highest BCUT2D eigenvalue weighted by Crippen LogP contribution is 2.56. The average molecular weight is 440 g/mol. The lowest BCUT2D eigenvalue weighted by Crippen LogP contribution is -2.55. The highest BCUT2D eigenvalue weighted by molar-refractivity contribution is 8.05. The second-order valence-corrected chi connectivity index (χ2v) is 10.3. The first-order valence-electron chi connectivity index (χ1n) is 10.0. The van der Waals surface area contributed by atoms with Crippen LogP contribution in [0.2, 0.25) is 0 Å². The number of aryl methyl sites for hydroxylation is 1. The Bertz CT molecular complexity index is 1160. The van der Waals surface area contributed by atoms with Crippen molar-refractivity contribution in [2.24, 2.45) is 16.3 Å². The molecule has 4 rings (SSSR count). The van der Waals surface area contributed by atoms with E-state index in [1.165, 1.54) is 0 Å². The van der Waals surface area contributed by atoms with Crippen molar-refractivity contribution >= 4 is 37.9 Å². The number of amides is 1. The van der Waals surface area contributed by atoms with E-state index in [4.69, 9.17) is 10.1 Å². The van der Waals surface area contributed by atoms with Gasteiger partial charge in [0.05, 0.1) is 18.7 Å². The van der Waals surface area contributed by atoms with Crippen LogP contribution < -0.4 is 9.64 Å². The maximum absolute atomic E-state index is 13.6. The van der Waals surface area contributed by atoms with Gasteiger partial charge in [-0.15, -0.1) is 0 Å². The van der Waals surface area contributed by atoms with Crippen LogP contribution in [0.15, 0.2) is 53.5 Å². The molecule has 0 radical (unpaired) electrons. The topological polar surface area (TPSA) is 99.9 Å². The summed E-state index contributed by atoms with van der Waals surface area (Å²) in [6, 6.07) is 14.5. The quantitative estimate of drug-likeness (QED) is 0.582. The number of rotatable bonds is 4. The molecule has 1 saturated carbocycles. The summed E-state index contributed by atoms with van der Waals surface area (Å²) < 4.78 is 29.8. The predicted octanol–water partition coefficient (Wildman–Crippen LogP) is 3.54. The summed E-state index contributed by atoms with van der Waals surface area (Å²) in [6.07, 6.45) is 2.51. The zero-order valence-electron chi connectivity index (χ0n) is 17.8. The molecule has 2 aliphatic rings. The number of carbonyl (C=O) groups is 1. The normalized spacial score (nSPS) is 21.4. The van der Waals surface area contributed by atoms with Gasteiger partial charge in [0.25, 0.3) is 5.91 Å². The Morgan fingerprint density at radius 3 is 2.26 bits per heavy atom. The number of nitrogens with zero attached hydrogens (tertiary/aromatic N) is 2. The molecular formula is C23H25N3O4S. The monoisotopic (exact) mass is 439 g/mol. The van der Waals surface area contributed by atoms with E-state index < -0.39 is 26.2 Å². The molecule has 8 heteroatoms. The molecule has 0 bridgehead atoms. The average Bonchev–Trinajstić information content (AvgIpc) is 3.51. The van der Waals surface area contributed by atoms with Gasteiger partial charge in [-0.3, -0.25) is 10.2 Å². The third kappa shape index (κ3) is 3.99. The third-order valence-corrected chi connectivity index (χ3v) is 7.08. The van der Waals surface area contributed by atoms with Crippen LogP contribution in [0.5, 0.6) is 5.75 Å². The van der Waals surface area contributed by atoms with Gasteiger partial charge in [-0.2, -0.15) is 0 Å². The molecule has 1 unspecified atom stereocenters. The Morgan fingerprint density at radius 1 is 1.13 bits per heavy atom. The van der Waals surface area contributed by atoms with Crippen molar-refractivity contribution < 1.29 is 17.9 Å². The van der Waals surface area contributed by atoms with E-state index in [-0.39, 0.29) is 11.6 Å². The lowest BCUT2D eigenvalue weighted by atomic mass is 9.80. The molecule has 2 aromatic rings. The van der Waals surface area contributed by atoms with Gasteiger partial charge in [0.2, 0.25) is 0 Å². The minimum absolute atomic E-state index is 0.102. The van der Waals surface area contributed by atoms with Crippen molar-refractivity contribution in [1.82, 2.24) is 0 Å². The van der Waals surface area contributed by atoms with Gasteiger partial charge >= 0.3 is 0 Å². The zero-order chi connectivity index (χ0) is 22.4. The molecule has 31 heavy (non-hydrogen) atoms. The highest BCUT2D eigenvalue weighted by Gasteiger charge is 2.60. The number of piperidine rings is 1. The van der Waals surface area contributed by atoms with E-state index in [1.807, 2.05) is 31.2 Å². The summed E-state index contributed by atoms with van der Waals surface area (Å²) in [7, 11) is -2.21. The van der Waals surface area contributed by atoms with Gasteiger partial charge in [0, 0.05) is 23.9 Å². The molecule has 162 valence electrons. The number of hydrogen-bond donors (Lipinski definition) is 1. The Balaban J connectivity index is 1.83. The van der Waals surface area contributed by atoms with Crippen molar-refractivity contribution in [2.75, 3.05) is 24.8 Å². The first-order valence-corrected chi connectivity index (χ1v) is 11.9. The minimum atomic E-state index is -3.77. The largest absolute Gasteiger partial charge is 0.497 e. The first kappa shape index (κ1) is 21.2. The Morgan fingerprint density at radius 2 is 1.74 bits per heavy atom. The van der Waals surface area contributed by atoms with Crippen molar-refractivity contribution in [3.05, 3.63) is 54.1 Å². The van der Waals surface area contributed by atoms with E-state index in [1.54, 1.807) is 36.3 Å². The molecule has 1 spiro atoms. The molecule has 7 nitrogen and oxygen atoms in total. The number of nitrogens with one attached hydrogen (secondary N) is 1. The van der Waals surface area contributed by atoms with E-state index in [0.717, 1.165) is 30.3 Å². The lowest BCUT2D eigenvalue weighted by Gasteiger charge is -2.39. The fourth-order valence-corrected chi connectivity index (χ4v) is 4.88. The lowest BCUT2D eigenvalue weighted by molar-refractivity contribution is -0.113. The van der Waals surface area contributed by atoms with Gasteiger partial charge in [-0.1, -0.05) is 17.7 Å². The fraction of sp³-hybridized carbons (Fsp3) is 0.348. The van der Waals surface area contributed by atoms with Crippen LogP contribution in [0.4, 0.5) is 11.4 Å². The second kappa shape index (κ2) is 7.60. The maximum Gasteiger partial charge on any atom is 0.273 e. The number of carbonyl (C=O) groups excluding carboxylic acids is 1. The van der Waals surface area contributed by atoms with Gasteiger partial charge in [0.15, 0.2) is 9.84 Å². The Kier molecular flexibility index (Phi) is 5.21. The van der Waals surface area contributed by atoms with E-state index in [0.29, 0.717) is 18.0 Å². The number of methoxy groups -OCH3 is 1. The summed E-state index contributed by atoms with van der Waals surface area (Å²) in [5, 5.41) is 7.98. The molecule has 1 aliphatic heterocycles. The smallest absolute Gasteiger partial charge is 0.273 e. The van der Waals surface area contributed by atoms with Crippen molar-refractivity contribution in [1.29, 1.82) is 5.41 Å². The Labute approximate surface area is 182 Å². The predicted molar refractivity (Wildman–Crippen MR) is 121 cm³/mol. The molecular weight excluding hydrogens is 414 g/mol. The molecule has 1 N–H and O–H groups in total. The number of hydrogen-bond acceptors (Lipinski definition) is 6. The highest BCUT2D eigenvalue weighted by atomic mass is 32.2. The summed E-state index contributed by atoms with van der Waals surface area (Å²) in [6.45, 7) is 2.35. The number of aliphatic imine (C=N–C) groups is 1. The van der Waals surface area contributed by atoms with Crippen LogP contribution in [-0.2, 0) is 14.6 Å². The second-order valence-electron chi connectivity index (χ2n) is 8.35.